The second kappa shape index (κ2) is 8.04. The molecule has 0 saturated heterocycles. The summed E-state index contributed by atoms with van der Waals surface area (Å²) < 4.78 is 8.62. The minimum atomic E-state index is -0.172. The van der Waals surface area contributed by atoms with Gasteiger partial charge in [0.2, 0.25) is 0 Å². The zero-order chi connectivity index (χ0) is 20.4. The van der Waals surface area contributed by atoms with E-state index >= 15 is 0 Å². The van der Waals surface area contributed by atoms with Crippen molar-refractivity contribution in [2.24, 2.45) is 0 Å². The first-order valence-electron chi connectivity index (χ1n) is 9.13. The molecule has 0 bridgehead atoms. The summed E-state index contributed by atoms with van der Waals surface area (Å²) in [6.07, 6.45) is 0. The number of ether oxygens (including phenoxy) is 1. The van der Waals surface area contributed by atoms with E-state index in [0.29, 0.717) is 21.9 Å². The number of nitrogens with zero attached hydrogens (tertiary/aromatic N) is 6. The van der Waals surface area contributed by atoms with Crippen LogP contribution in [0.3, 0.4) is 0 Å². The van der Waals surface area contributed by atoms with Crippen molar-refractivity contribution >= 4 is 22.7 Å². The Kier molecular flexibility index (Phi) is 5.30. The fourth-order valence-electron chi connectivity index (χ4n) is 3.00. The number of fused-ring (bicyclic) bond motifs is 1. The number of hydrogen-bond acceptors (Lipinski definition) is 7. The van der Waals surface area contributed by atoms with Gasteiger partial charge in [0, 0.05) is 11.6 Å². The average Bonchev–Trinajstić information content (AvgIpc) is 3.18. The van der Waals surface area contributed by atoms with Crippen molar-refractivity contribution in [2.45, 2.75) is 30.9 Å². The van der Waals surface area contributed by atoms with Gasteiger partial charge in [0.15, 0.2) is 11.0 Å². The van der Waals surface area contributed by atoms with Gasteiger partial charge in [0.25, 0.3) is 5.56 Å². The zero-order valence-electron chi connectivity index (χ0n) is 16.3. The summed E-state index contributed by atoms with van der Waals surface area (Å²) in [6.45, 7) is 4.14. The second-order valence-electron chi connectivity index (χ2n) is 6.68. The van der Waals surface area contributed by atoms with Crippen LogP contribution in [0, 0.1) is 0 Å². The molecule has 2 heterocycles. The maximum absolute atomic E-state index is 12.6. The molecule has 8 nitrogen and oxygen atoms in total. The molecule has 0 radical (unpaired) electrons. The van der Waals surface area contributed by atoms with E-state index < -0.39 is 0 Å². The van der Waals surface area contributed by atoms with Crippen LogP contribution in [-0.4, -0.2) is 36.9 Å². The molecule has 2 aromatic carbocycles. The van der Waals surface area contributed by atoms with E-state index in [1.807, 2.05) is 41.0 Å². The lowest BCUT2D eigenvalue weighted by molar-refractivity contribution is 0.415. The predicted octanol–water partition coefficient (Wildman–Crippen LogP) is 3.39. The van der Waals surface area contributed by atoms with E-state index in [4.69, 9.17) is 4.74 Å². The van der Waals surface area contributed by atoms with Crippen LogP contribution in [-0.2, 0) is 5.88 Å². The highest BCUT2D eigenvalue weighted by molar-refractivity contribution is 7.98. The van der Waals surface area contributed by atoms with Gasteiger partial charge in [-0.15, -0.1) is 15.3 Å². The van der Waals surface area contributed by atoms with Crippen LogP contribution in [0.25, 0.3) is 22.3 Å². The first kappa shape index (κ1) is 19.1. The van der Waals surface area contributed by atoms with Gasteiger partial charge in [0.05, 0.1) is 18.4 Å². The molecule has 29 heavy (non-hydrogen) atoms. The van der Waals surface area contributed by atoms with Crippen LogP contribution in [0.15, 0.2) is 58.5 Å². The Hall–Kier alpha value is -3.20. The lowest BCUT2D eigenvalue weighted by Crippen LogP contribution is -2.23. The second-order valence-corrected chi connectivity index (χ2v) is 7.60. The third-order valence-electron chi connectivity index (χ3n) is 4.47. The van der Waals surface area contributed by atoms with Crippen LogP contribution in [0.2, 0.25) is 0 Å². The summed E-state index contributed by atoms with van der Waals surface area (Å²) >= 11 is 1.40. The molecule has 148 valence electrons. The molecule has 0 unspecified atom stereocenters. The molecule has 0 fully saturated rings. The number of thioether (sulfide) groups is 1. The van der Waals surface area contributed by atoms with Gasteiger partial charge in [-0.25, -0.2) is 0 Å². The topological polar surface area (TPSA) is 87.7 Å². The van der Waals surface area contributed by atoms with E-state index in [1.54, 1.807) is 19.2 Å². The molecule has 0 amide bonds. The fraction of sp³-hybridized carbons (Fsp3) is 0.250. The monoisotopic (exact) mass is 408 g/mol. The predicted molar refractivity (Wildman–Crippen MR) is 112 cm³/mol. The van der Waals surface area contributed by atoms with Gasteiger partial charge in [-0.2, -0.15) is 4.68 Å². The normalized spacial score (nSPS) is 11.3. The van der Waals surface area contributed by atoms with Crippen LogP contribution in [0.1, 0.15) is 19.9 Å². The highest BCUT2D eigenvalue weighted by atomic mass is 32.2. The Morgan fingerprint density at radius 3 is 2.52 bits per heavy atom. The van der Waals surface area contributed by atoms with Crippen molar-refractivity contribution in [3.05, 3.63) is 58.9 Å². The van der Waals surface area contributed by atoms with Gasteiger partial charge in [-0.05, 0) is 50.2 Å². The van der Waals surface area contributed by atoms with Crippen molar-refractivity contribution in [2.75, 3.05) is 7.11 Å². The molecule has 9 heteroatoms. The average molecular weight is 408 g/mol. The largest absolute Gasteiger partial charge is 0.497 e. The van der Waals surface area contributed by atoms with Gasteiger partial charge >= 0.3 is 0 Å². The SMILES string of the molecule is COc1ccc(-c2nnc(SCn3nnc4ccccc4c3=O)n2C(C)C)cc1. The van der Waals surface area contributed by atoms with Crippen molar-refractivity contribution in [3.63, 3.8) is 0 Å². The van der Waals surface area contributed by atoms with E-state index in [1.165, 1.54) is 16.4 Å². The molecule has 0 aliphatic heterocycles. The molecule has 2 aromatic heterocycles. The molecule has 0 N–H and O–H groups in total. The van der Waals surface area contributed by atoms with Crippen molar-refractivity contribution in [3.8, 4) is 17.1 Å². The zero-order valence-corrected chi connectivity index (χ0v) is 17.1. The van der Waals surface area contributed by atoms with Crippen LogP contribution in [0.4, 0.5) is 0 Å². The Morgan fingerprint density at radius 2 is 1.79 bits per heavy atom. The fourth-order valence-corrected chi connectivity index (χ4v) is 3.95. The maximum atomic E-state index is 12.6. The van der Waals surface area contributed by atoms with Gasteiger partial charge in [-0.1, -0.05) is 29.1 Å². The lowest BCUT2D eigenvalue weighted by Gasteiger charge is -2.14. The summed E-state index contributed by atoms with van der Waals surface area (Å²) in [5.41, 5.74) is 1.36. The number of aromatic nitrogens is 6. The summed E-state index contributed by atoms with van der Waals surface area (Å²) in [4.78, 5) is 12.6. The Labute approximate surface area is 171 Å². The number of rotatable bonds is 6. The van der Waals surface area contributed by atoms with Gasteiger partial charge < -0.3 is 4.74 Å². The summed E-state index contributed by atoms with van der Waals surface area (Å²) in [5, 5.41) is 18.2. The molecular formula is C20H20N6O2S. The first-order chi connectivity index (χ1) is 14.1. The molecule has 0 spiro atoms. The minimum absolute atomic E-state index is 0.143. The molecular weight excluding hydrogens is 388 g/mol. The van der Waals surface area contributed by atoms with Gasteiger partial charge in [-0.3, -0.25) is 9.36 Å². The van der Waals surface area contributed by atoms with Crippen molar-refractivity contribution < 1.29 is 4.74 Å². The molecule has 0 saturated carbocycles. The first-order valence-corrected chi connectivity index (χ1v) is 10.1. The standard InChI is InChI=1S/C20H20N6O2S/c1-13(2)26-18(14-8-10-15(28-3)11-9-14)22-23-20(26)29-12-25-19(27)16-6-4-5-7-17(16)21-24-25/h4-11,13H,12H2,1-3H3. The molecule has 0 aliphatic carbocycles. The van der Waals surface area contributed by atoms with Gasteiger partial charge in [0.1, 0.15) is 11.3 Å². The molecule has 0 atom stereocenters. The van der Waals surface area contributed by atoms with E-state index in [-0.39, 0.29) is 11.6 Å². The molecule has 4 rings (SSSR count). The van der Waals surface area contributed by atoms with E-state index in [0.717, 1.165) is 17.1 Å². The third kappa shape index (κ3) is 3.73. The highest BCUT2D eigenvalue weighted by Gasteiger charge is 2.17. The quantitative estimate of drug-likeness (QED) is 0.452. The van der Waals surface area contributed by atoms with E-state index in [2.05, 4.69) is 34.4 Å². The van der Waals surface area contributed by atoms with E-state index in [9.17, 15) is 4.79 Å². The molecule has 4 aromatic rings. The van der Waals surface area contributed by atoms with Crippen LogP contribution < -0.4 is 10.3 Å². The summed E-state index contributed by atoms with van der Waals surface area (Å²) in [5.74, 6) is 1.85. The Morgan fingerprint density at radius 1 is 1.03 bits per heavy atom. The summed E-state index contributed by atoms with van der Waals surface area (Å²) in [7, 11) is 1.64. The number of benzene rings is 2. The Bertz CT molecular complexity index is 1200. The van der Waals surface area contributed by atoms with Crippen molar-refractivity contribution in [1.82, 2.24) is 29.8 Å². The van der Waals surface area contributed by atoms with Crippen LogP contribution in [0.5, 0.6) is 5.75 Å². The van der Waals surface area contributed by atoms with Crippen molar-refractivity contribution in [1.29, 1.82) is 0 Å². The third-order valence-corrected chi connectivity index (χ3v) is 5.38. The maximum Gasteiger partial charge on any atom is 0.278 e. The number of hydrogen-bond donors (Lipinski definition) is 0. The van der Waals surface area contributed by atoms with Crippen LogP contribution >= 0.6 is 11.8 Å². The highest BCUT2D eigenvalue weighted by Crippen LogP contribution is 2.29. The summed E-state index contributed by atoms with van der Waals surface area (Å²) in [6, 6.07) is 15.0. The lowest BCUT2D eigenvalue weighted by atomic mass is 10.2. The molecule has 0 aliphatic rings. The number of methoxy groups -OCH3 is 1. The Balaban J connectivity index is 1.63. The minimum Gasteiger partial charge on any atom is -0.497 e. The smallest absolute Gasteiger partial charge is 0.278 e.